The maximum Gasteiger partial charge on any atom is 0.338 e. The summed E-state index contributed by atoms with van der Waals surface area (Å²) in [6, 6.07) is 15.5. The third kappa shape index (κ3) is 4.54. The molecule has 2 aromatic heterocycles. The fourth-order valence-corrected chi connectivity index (χ4v) is 4.16. The highest BCUT2D eigenvalue weighted by molar-refractivity contribution is 6.30. The number of H-pyrrole nitrogens is 1. The Kier molecular flexibility index (Phi) is 6.58. The first kappa shape index (κ1) is 22.1. The number of aromatic amines is 1. The molecule has 2 heterocycles. The minimum atomic E-state index is -0.350. The van der Waals surface area contributed by atoms with Crippen LogP contribution in [0.25, 0.3) is 33.2 Å². The van der Waals surface area contributed by atoms with Crippen molar-refractivity contribution in [2.24, 2.45) is 0 Å². The van der Waals surface area contributed by atoms with Crippen LogP contribution < -0.4 is 0 Å². The summed E-state index contributed by atoms with van der Waals surface area (Å²) in [4.78, 5) is 22.8. The van der Waals surface area contributed by atoms with E-state index in [9.17, 15) is 4.79 Å². The Labute approximate surface area is 193 Å². The number of benzene rings is 2. The van der Waals surface area contributed by atoms with Crippen LogP contribution in [0.15, 0.2) is 60.9 Å². The lowest BCUT2D eigenvalue weighted by atomic mass is 9.96. The van der Waals surface area contributed by atoms with Crippen LogP contribution in [-0.4, -0.2) is 48.6 Å². The summed E-state index contributed by atoms with van der Waals surface area (Å²) < 4.78 is 5.07. The maximum atomic E-state index is 12.6. The van der Waals surface area contributed by atoms with Gasteiger partial charge in [-0.2, -0.15) is 0 Å². The Morgan fingerprint density at radius 1 is 1.06 bits per heavy atom. The van der Waals surface area contributed by atoms with Gasteiger partial charge in [-0.1, -0.05) is 29.8 Å². The molecule has 0 aliphatic heterocycles. The van der Waals surface area contributed by atoms with Crippen molar-refractivity contribution >= 4 is 28.5 Å². The van der Waals surface area contributed by atoms with Gasteiger partial charge in [0.05, 0.1) is 12.7 Å². The number of carbonyl (C=O) groups excluding carboxylic acids is 1. The number of esters is 1. The molecule has 0 spiro atoms. The number of hydrogen-bond donors (Lipinski definition) is 1. The quantitative estimate of drug-likeness (QED) is 0.362. The molecule has 0 unspecified atom stereocenters. The van der Waals surface area contributed by atoms with Crippen LogP contribution in [0.1, 0.15) is 22.5 Å². The lowest BCUT2D eigenvalue weighted by Gasteiger charge is -2.11. The Bertz CT molecular complexity index is 1250. The number of rotatable bonds is 7. The minimum Gasteiger partial charge on any atom is -0.465 e. The van der Waals surface area contributed by atoms with Gasteiger partial charge >= 0.3 is 5.97 Å². The number of aryl methyl sites for hydroxylation is 1. The van der Waals surface area contributed by atoms with E-state index in [2.05, 4.69) is 35.0 Å². The molecular weight excluding hydrogens is 422 g/mol. The molecular formula is C26H26ClN3O2. The highest BCUT2D eigenvalue weighted by Crippen LogP contribution is 2.37. The minimum absolute atomic E-state index is 0.350. The van der Waals surface area contributed by atoms with Crippen molar-refractivity contribution in [3.05, 3.63) is 77.2 Å². The molecule has 0 bridgehead atoms. The zero-order chi connectivity index (χ0) is 22.7. The fourth-order valence-electron chi connectivity index (χ4n) is 4.04. The van der Waals surface area contributed by atoms with Crippen molar-refractivity contribution < 1.29 is 9.53 Å². The summed E-state index contributed by atoms with van der Waals surface area (Å²) in [6.45, 7) is 0.974. The van der Waals surface area contributed by atoms with Gasteiger partial charge in [0.2, 0.25) is 0 Å². The van der Waals surface area contributed by atoms with Crippen molar-refractivity contribution in [3.8, 4) is 22.3 Å². The second-order valence-electron chi connectivity index (χ2n) is 8.07. The molecule has 0 saturated carbocycles. The zero-order valence-electron chi connectivity index (χ0n) is 18.5. The predicted octanol–water partition coefficient (Wildman–Crippen LogP) is 5.83. The zero-order valence-corrected chi connectivity index (χ0v) is 19.2. The van der Waals surface area contributed by atoms with Crippen molar-refractivity contribution in [3.63, 3.8) is 0 Å². The van der Waals surface area contributed by atoms with E-state index in [0.29, 0.717) is 10.6 Å². The molecule has 5 nitrogen and oxygen atoms in total. The third-order valence-corrected chi connectivity index (χ3v) is 5.80. The highest BCUT2D eigenvalue weighted by atomic mass is 35.5. The topological polar surface area (TPSA) is 58.2 Å². The first-order valence-corrected chi connectivity index (χ1v) is 10.9. The molecule has 4 rings (SSSR count). The van der Waals surface area contributed by atoms with Gasteiger partial charge in [0.1, 0.15) is 0 Å². The van der Waals surface area contributed by atoms with Crippen LogP contribution in [0.3, 0.4) is 0 Å². The number of fused-ring (bicyclic) bond motifs is 1. The smallest absolute Gasteiger partial charge is 0.338 e. The van der Waals surface area contributed by atoms with Crippen LogP contribution in [0, 0.1) is 0 Å². The van der Waals surface area contributed by atoms with Gasteiger partial charge in [-0.05, 0) is 69.4 Å². The summed E-state index contributed by atoms with van der Waals surface area (Å²) in [7, 11) is 5.55. The number of aromatic nitrogens is 2. The number of methoxy groups -OCH3 is 1. The molecule has 0 saturated heterocycles. The SMILES string of the molecule is COC(=O)c1cccc2[nH]c(CCCN(C)C)c(-c3cncc(-c4ccc(Cl)cc4)c3)c12. The molecule has 164 valence electrons. The Morgan fingerprint density at radius 2 is 1.81 bits per heavy atom. The molecule has 6 heteroatoms. The predicted molar refractivity (Wildman–Crippen MR) is 130 cm³/mol. The van der Waals surface area contributed by atoms with E-state index in [-0.39, 0.29) is 5.97 Å². The summed E-state index contributed by atoms with van der Waals surface area (Å²) in [6.07, 6.45) is 5.54. The van der Waals surface area contributed by atoms with Gasteiger partial charge in [0.25, 0.3) is 0 Å². The van der Waals surface area contributed by atoms with E-state index in [0.717, 1.165) is 58.2 Å². The molecule has 1 N–H and O–H groups in total. The molecule has 0 atom stereocenters. The summed E-state index contributed by atoms with van der Waals surface area (Å²) in [5.74, 6) is -0.350. The number of ether oxygens (including phenoxy) is 1. The molecule has 2 aromatic carbocycles. The van der Waals surface area contributed by atoms with Gasteiger partial charge in [0, 0.05) is 50.7 Å². The van der Waals surface area contributed by atoms with Gasteiger partial charge in [0.15, 0.2) is 0 Å². The van der Waals surface area contributed by atoms with Gasteiger partial charge in [-0.3, -0.25) is 4.98 Å². The van der Waals surface area contributed by atoms with Crippen LogP contribution in [0.4, 0.5) is 0 Å². The Morgan fingerprint density at radius 3 is 2.53 bits per heavy atom. The van der Waals surface area contributed by atoms with Gasteiger partial charge < -0.3 is 14.6 Å². The molecule has 0 amide bonds. The summed E-state index contributed by atoms with van der Waals surface area (Å²) in [5.41, 5.74) is 6.54. The molecule has 0 aliphatic carbocycles. The van der Waals surface area contributed by atoms with Gasteiger partial charge in [-0.15, -0.1) is 0 Å². The number of pyridine rings is 1. The van der Waals surface area contributed by atoms with E-state index < -0.39 is 0 Å². The van der Waals surface area contributed by atoms with Crippen molar-refractivity contribution in [1.29, 1.82) is 0 Å². The van der Waals surface area contributed by atoms with Crippen molar-refractivity contribution in [2.45, 2.75) is 12.8 Å². The van der Waals surface area contributed by atoms with Crippen molar-refractivity contribution in [2.75, 3.05) is 27.7 Å². The number of nitrogens with one attached hydrogen (secondary N) is 1. The number of hydrogen-bond acceptors (Lipinski definition) is 4. The van der Waals surface area contributed by atoms with E-state index in [1.807, 2.05) is 54.9 Å². The lowest BCUT2D eigenvalue weighted by Crippen LogP contribution is -2.13. The number of carbonyl (C=O) groups is 1. The molecule has 4 aromatic rings. The van der Waals surface area contributed by atoms with E-state index >= 15 is 0 Å². The first-order chi connectivity index (χ1) is 15.5. The van der Waals surface area contributed by atoms with Crippen LogP contribution in [0.2, 0.25) is 5.02 Å². The van der Waals surface area contributed by atoms with Crippen LogP contribution >= 0.6 is 11.6 Å². The average molecular weight is 448 g/mol. The number of halogens is 1. The second kappa shape index (κ2) is 9.55. The van der Waals surface area contributed by atoms with Gasteiger partial charge in [-0.25, -0.2) is 4.79 Å². The Hall–Kier alpha value is -3.15. The molecule has 0 aliphatic rings. The fraction of sp³-hybridized carbons (Fsp3) is 0.231. The molecule has 32 heavy (non-hydrogen) atoms. The lowest BCUT2D eigenvalue weighted by molar-refractivity contribution is 0.0603. The third-order valence-electron chi connectivity index (χ3n) is 5.54. The maximum absolute atomic E-state index is 12.6. The highest BCUT2D eigenvalue weighted by Gasteiger charge is 2.20. The van der Waals surface area contributed by atoms with E-state index in [1.54, 1.807) is 0 Å². The first-order valence-electron chi connectivity index (χ1n) is 10.6. The monoisotopic (exact) mass is 447 g/mol. The second-order valence-corrected chi connectivity index (χ2v) is 8.51. The van der Waals surface area contributed by atoms with Crippen molar-refractivity contribution in [1.82, 2.24) is 14.9 Å². The standard InChI is InChI=1S/C26H26ClN3O2/c1-30(2)13-5-8-22-24(25-21(26(31)32-3)6-4-7-23(25)29-22)19-14-18(15-28-16-19)17-9-11-20(27)12-10-17/h4,6-7,9-12,14-16,29H,5,8,13H2,1-3H3. The summed E-state index contributed by atoms with van der Waals surface area (Å²) >= 11 is 6.06. The van der Waals surface area contributed by atoms with E-state index in [1.165, 1.54) is 7.11 Å². The normalized spacial score (nSPS) is 11.3. The molecule has 0 fully saturated rings. The Balaban J connectivity index is 1.88. The largest absolute Gasteiger partial charge is 0.465 e. The van der Waals surface area contributed by atoms with E-state index in [4.69, 9.17) is 16.3 Å². The van der Waals surface area contributed by atoms with Crippen LogP contribution in [-0.2, 0) is 11.2 Å². The van der Waals surface area contributed by atoms with Crippen LogP contribution in [0.5, 0.6) is 0 Å². The number of nitrogens with zero attached hydrogens (tertiary/aromatic N) is 2. The molecule has 0 radical (unpaired) electrons. The summed E-state index contributed by atoms with van der Waals surface area (Å²) in [5, 5.41) is 1.56. The average Bonchev–Trinajstić information content (AvgIpc) is 3.17.